The van der Waals surface area contributed by atoms with Crippen LogP contribution in [-0.4, -0.2) is 4.98 Å². The molecule has 0 amide bonds. The topological polar surface area (TPSA) is 38.9 Å². The van der Waals surface area contributed by atoms with Gasteiger partial charge in [0.25, 0.3) is 0 Å². The van der Waals surface area contributed by atoms with E-state index in [4.69, 9.17) is 5.73 Å². The van der Waals surface area contributed by atoms with Gasteiger partial charge in [-0.05, 0) is 35.0 Å². The van der Waals surface area contributed by atoms with Gasteiger partial charge in [-0.25, -0.2) is 9.37 Å². The number of hydrogen-bond donors (Lipinski definition) is 1. The van der Waals surface area contributed by atoms with Crippen LogP contribution in [0.25, 0.3) is 0 Å². The van der Waals surface area contributed by atoms with Crippen molar-refractivity contribution in [2.75, 3.05) is 5.73 Å². The molecule has 0 bridgehead atoms. The Morgan fingerprint density at radius 3 is 2.88 bits per heavy atom. The lowest BCUT2D eigenvalue weighted by Gasteiger charge is -2.04. The molecule has 0 fully saturated rings. The van der Waals surface area contributed by atoms with Crippen LogP contribution in [0.3, 0.4) is 0 Å². The number of halogens is 2. The summed E-state index contributed by atoms with van der Waals surface area (Å²) in [6.07, 6.45) is 0. The molecule has 84 valence electrons. The van der Waals surface area contributed by atoms with E-state index in [0.29, 0.717) is 15.1 Å². The number of anilines is 1. The Bertz CT molecular complexity index is 528. The van der Waals surface area contributed by atoms with Crippen molar-refractivity contribution in [2.24, 2.45) is 0 Å². The maximum Gasteiger partial charge on any atom is 0.154 e. The van der Waals surface area contributed by atoms with Crippen LogP contribution in [0.1, 0.15) is 5.69 Å². The Balaban J connectivity index is 2.31. The van der Waals surface area contributed by atoms with Crippen molar-refractivity contribution in [3.8, 4) is 0 Å². The number of rotatable bonds is 2. The van der Waals surface area contributed by atoms with E-state index >= 15 is 0 Å². The molecule has 0 saturated carbocycles. The smallest absolute Gasteiger partial charge is 0.154 e. The van der Waals surface area contributed by atoms with Crippen molar-refractivity contribution in [1.29, 1.82) is 0 Å². The van der Waals surface area contributed by atoms with Crippen LogP contribution >= 0.6 is 39.0 Å². The zero-order chi connectivity index (χ0) is 11.7. The summed E-state index contributed by atoms with van der Waals surface area (Å²) in [4.78, 5) is 4.98. The first-order chi connectivity index (χ1) is 7.56. The van der Waals surface area contributed by atoms with Crippen molar-refractivity contribution in [2.45, 2.75) is 16.2 Å². The second-order valence-electron chi connectivity index (χ2n) is 3.16. The van der Waals surface area contributed by atoms with Crippen LogP contribution < -0.4 is 5.73 Å². The highest BCUT2D eigenvalue weighted by Gasteiger charge is 2.09. The molecule has 2 nitrogen and oxygen atoms in total. The van der Waals surface area contributed by atoms with Crippen molar-refractivity contribution in [3.05, 3.63) is 33.5 Å². The van der Waals surface area contributed by atoms with Crippen molar-refractivity contribution < 1.29 is 4.39 Å². The van der Waals surface area contributed by atoms with Gasteiger partial charge in [0.1, 0.15) is 5.82 Å². The first-order valence-electron chi connectivity index (χ1n) is 4.41. The van der Waals surface area contributed by atoms with Gasteiger partial charge in [-0.15, -0.1) is 11.3 Å². The first kappa shape index (κ1) is 11.9. The van der Waals surface area contributed by atoms with E-state index in [1.165, 1.54) is 29.2 Å². The van der Waals surface area contributed by atoms with Crippen LogP contribution in [0, 0.1) is 12.7 Å². The molecule has 16 heavy (non-hydrogen) atoms. The first-order valence-corrected chi connectivity index (χ1v) is 6.89. The molecule has 0 aliphatic carbocycles. The normalized spacial score (nSPS) is 10.7. The van der Waals surface area contributed by atoms with E-state index in [9.17, 15) is 4.39 Å². The number of benzene rings is 1. The molecule has 2 N–H and O–H groups in total. The monoisotopic (exact) mass is 318 g/mol. The number of nitrogens with two attached hydrogens (primary N) is 1. The van der Waals surface area contributed by atoms with Gasteiger partial charge in [0.2, 0.25) is 0 Å². The third-order valence-electron chi connectivity index (χ3n) is 1.85. The average molecular weight is 319 g/mol. The summed E-state index contributed by atoms with van der Waals surface area (Å²) in [5.41, 5.74) is 7.31. The minimum Gasteiger partial charge on any atom is -0.398 e. The van der Waals surface area contributed by atoms with E-state index < -0.39 is 0 Å². The van der Waals surface area contributed by atoms with E-state index in [1.54, 1.807) is 6.07 Å². The van der Waals surface area contributed by atoms with Gasteiger partial charge in [-0.1, -0.05) is 11.8 Å². The molecule has 0 unspecified atom stereocenters. The fourth-order valence-electron chi connectivity index (χ4n) is 1.11. The van der Waals surface area contributed by atoms with Crippen molar-refractivity contribution in [3.63, 3.8) is 0 Å². The number of aromatic nitrogens is 1. The predicted octanol–water partition coefficient (Wildman–Crippen LogP) is 4.09. The van der Waals surface area contributed by atoms with E-state index in [2.05, 4.69) is 20.9 Å². The summed E-state index contributed by atoms with van der Waals surface area (Å²) < 4.78 is 14.6. The summed E-state index contributed by atoms with van der Waals surface area (Å²) in [5.74, 6) is -0.315. The number of aryl methyl sites for hydroxylation is 1. The third kappa shape index (κ3) is 2.56. The van der Waals surface area contributed by atoms with Crippen LogP contribution in [-0.2, 0) is 0 Å². The molecule has 1 aromatic heterocycles. The summed E-state index contributed by atoms with van der Waals surface area (Å²) in [6.45, 7) is 1.92. The van der Waals surface area contributed by atoms with Crippen LogP contribution in [0.2, 0.25) is 0 Å². The highest BCUT2D eigenvalue weighted by molar-refractivity contribution is 9.10. The molecule has 2 aromatic rings. The van der Waals surface area contributed by atoms with E-state index in [1.807, 2.05) is 12.3 Å². The fraction of sp³-hybridized carbons (Fsp3) is 0.100. The minimum atomic E-state index is -0.315. The predicted molar refractivity (Wildman–Crippen MR) is 69.5 cm³/mol. The van der Waals surface area contributed by atoms with Crippen molar-refractivity contribution in [1.82, 2.24) is 4.98 Å². The molecule has 2 rings (SSSR count). The number of hydrogen-bond acceptors (Lipinski definition) is 4. The molecule has 0 atom stereocenters. The van der Waals surface area contributed by atoms with Crippen LogP contribution in [0.5, 0.6) is 0 Å². The lowest BCUT2D eigenvalue weighted by molar-refractivity contribution is 0.618. The standard InChI is InChI=1S/C10H8BrFN2S2/c1-5-4-15-10(14-5)16-9-3-7(12)6(11)2-8(9)13/h2-4H,13H2,1H3. The Labute approximate surface area is 109 Å². The van der Waals surface area contributed by atoms with E-state index in [0.717, 1.165) is 10.0 Å². The Hall–Kier alpha value is -0.590. The van der Waals surface area contributed by atoms with Gasteiger partial charge in [-0.3, -0.25) is 0 Å². The molecular weight excluding hydrogens is 311 g/mol. The van der Waals surface area contributed by atoms with Crippen LogP contribution in [0.15, 0.2) is 31.2 Å². The zero-order valence-electron chi connectivity index (χ0n) is 8.33. The van der Waals surface area contributed by atoms with Gasteiger partial charge in [0, 0.05) is 21.7 Å². The second-order valence-corrected chi connectivity index (χ2v) is 6.16. The third-order valence-corrected chi connectivity index (χ3v) is 4.59. The summed E-state index contributed by atoms with van der Waals surface area (Å²) >= 11 is 6.00. The molecule has 0 radical (unpaired) electrons. The molecule has 0 saturated heterocycles. The lowest BCUT2D eigenvalue weighted by atomic mass is 10.3. The highest BCUT2D eigenvalue weighted by Crippen LogP contribution is 2.36. The quantitative estimate of drug-likeness (QED) is 0.848. The van der Waals surface area contributed by atoms with E-state index in [-0.39, 0.29) is 5.82 Å². The summed E-state index contributed by atoms with van der Waals surface area (Å²) in [7, 11) is 0. The van der Waals surface area contributed by atoms with Gasteiger partial charge in [-0.2, -0.15) is 0 Å². The van der Waals surface area contributed by atoms with Crippen molar-refractivity contribution >= 4 is 44.7 Å². The fourth-order valence-corrected chi connectivity index (χ4v) is 3.31. The Morgan fingerprint density at radius 2 is 2.25 bits per heavy atom. The highest BCUT2D eigenvalue weighted by atomic mass is 79.9. The summed E-state index contributed by atoms with van der Waals surface area (Å²) in [5, 5.41) is 1.95. The second kappa shape index (κ2) is 4.73. The van der Waals surface area contributed by atoms with Gasteiger partial charge >= 0.3 is 0 Å². The van der Waals surface area contributed by atoms with Gasteiger partial charge < -0.3 is 5.73 Å². The SMILES string of the molecule is Cc1csc(Sc2cc(F)c(Br)cc2N)n1. The largest absolute Gasteiger partial charge is 0.398 e. The molecular formula is C10H8BrFN2S2. The number of nitrogen functional groups attached to an aromatic ring is 1. The number of thiazole rings is 1. The van der Waals surface area contributed by atoms with Gasteiger partial charge in [0.05, 0.1) is 4.47 Å². The summed E-state index contributed by atoms with van der Waals surface area (Å²) in [6, 6.07) is 2.99. The molecule has 1 heterocycles. The molecule has 0 aliphatic rings. The molecule has 6 heteroatoms. The molecule has 0 spiro atoms. The molecule has 1 aromatic carbocycles. The number of nitrogens with zero attached hydrogens (tertiary/aromatic N) is 1. The maximum atomic E-state index is 13.3. The average Bonchev–Trinajstić information content (AvgIpc) is 2.60. The Morgan fingerprint density at radius 1 is 1.50 bits per heavy atom. The van der Waals surface area contributed by atoms with Crippen LogP contribution in [0.4, 0.5) is 10.1 Å². The van der Waals surface area contributed by atoms with Gasteiger partial charge in [0.15, 0.2) is 4.34 Å². The minimum absolute atomic E-state index is 0.315. The Kier molecular flexibility index (Phi) is 3.51. The lowest BCUT2D eigenvalue weighted by Crippen LogP contribution is -1.90. The molecule has 0 aliphatic heterocycles. The maximum absolute atomic E-state index is 13.3. The zero-order valence-corrected chi connectivity index (χ0v) is 11.5.